The van der Waals surface area contributed by atoms with Crippen molar-refractivity contribution < 1.29 is 18.0 Å². The van der Waals surface area contributed by atoms with Gasteiger partial charge in [-0.15, -0.1) is 0 Å². The van der Waals surface area contributed by atoms with Crippen LogP contribution in [-0.2, 0) is 14.8 Å². The van der Waals surface area contributed by atoms with Gasteiger partial charge in [-0.1, -0.05) is 35.9 Å². The molecule has 0 spiro atoms. The maximum Gasteiger partial charge on any atom is 0.261 e. The molecular formula is C23H22ClN3O4S. The molecule has 166 valence electrons. The number of carbonyl (C=O) groups is 2. The van der Waals surface area contributed by atoms with E-state index in [1.54, 1.807) is 60.7 Å². The largest absolute Gasteiger partial charge is 0.352 e. The highest BCUT2D eigenvalue weighted by atomic mass is 35.5. The molecule has 0 aliphatic heterocycles. The Morgan fingerprint density at radius 1 is 0.844 bits per heavy atom. The molecule has 3 N–H and O–H groups in total. The maximum atomic E-state index is 12.4. The summed E-state index contributed by atoms with van der Waals surface area (Å²) in [7, 11) is -3.75. The van der Waals surface area contributed by atoms with Gasteiger partial charge in [-0.2, -0.15) is 0 Å². The molecule has 0 aliphatic carbocycles. The van der Waals surface area contributed by atoms with Gasteiger partial charge in [0.15, 0.2) is 0 Å². The third kappa shape index (κ3) is 6.83. The lowest BCUT2D eigenvalue weighted by Gasteiger charge is -2.10. The van der Waals surface area contributed by atoms with E-state index in [9.17, 15) is 18.0 Å². The second-order valence-electron chi connectivity index (χ2n) is 6.91. The van der Waals surface area contributed by atoms with Crippen LogP contribution in [0.15, 0.2) is 83.8 Å². The fourth-order valence-corrected chi connectivity index (χ4v) is 4.04. The quantitative estimate of drug-likeness (QED) is 0.405. The van der Waals surface area contributed by atoms with Crippen molar-refractivity contribution in [3.05, 3.63) is 89.4 Å². The number of nitrogens with one attached hydrogen (secondary N) is 3. The van der Waals surface area contributed by atoms with Crippen LogP contribution < -0.4 is 15.4 Å². The van der Waals surface area contributed by atoms with Crippen LogP contribution in [0.25, 0.3) is 0 Å². The number of anilines is 2. The van der Waals surface area contributed by atoms with Crippen molar-refractivity contribution in [2.75, 3.05) is 16.6 Å². The van der Waals surface area contributed by atoms with Crippen molar-refractivity contribution in [2.24, 2.45) is 0 Å². The van der Waals surface area contributed by atoms with Crippen LogP contribution in [-0.4, -0.2) is 26.8 Å². The van der Waals surface area contributed by atoms with E-state index < -0.39 is 10.0 Å². The van der Waals surface area contributed by atoms with Crippen molar-refractivity contribution in [2.45, 2.75) is 17.7 Å². The number of rotatable bonds is 9. The molecule has 0 heterocycles. The lowest BCUT2D eigenvalue weighted by Crippen LogP contribution is -2.25. The third-order valence-corrected chi connectivity index (χ3v) is 6.07. The minimum atomic E-state index is -3.75. The summed E-state index contributed by atoms with van der Waals surface area (Å²) in [6.45, 7) is 0.298. The fraction of sp³-hybridized carbons (Fsp3) is 0.130. The molecule has 7 nitrogen and oxygen atoms in total. The monoisotopic (exact) mass is 471 g/mol. The van der Waals surface area contributed by atoms with Crippen molar-refractivity contribution in [1.82, 2.24) is 5.32 Å². The first-order chi connectivity index (χ1) is 15.3. The summed E-state index contributed by atoms with van der Waals surface area (Å²) in [5, 5.41) is 6.08. The Morgan fingerprint density at radius 3 is 2.28 bits per heavy atom. The van der Waals surface area contributed by atoms with E-state index in [-0.39, 0.29) is 28.8 Å². The van der Waals surface area contributed by atoms with Gasteiger partial charge < -0.3 is 10.6 Å². The Labute approximate surface area is 191 Å². The van der Waals surface area contributed by atoms with E-state index >= 15 is 0 Å². The maximum absolute atomic E-state index is 12.4. The normalized spacial score (nSPS) is 10.9. The van der Waals surface area contributed by atoms with Gasteiger partial charge in [-0.3, -0.25) is 14.3 Å². The summed E-state index contributed by atoms with van der Waals surface area (Å²) in [5.41, 5.74) is 1.24. The van der Waals surface area contributed by atoms with Crippen molar-refractivity contribution in [3.63, 3.8) is 0 Å². The van der Waals surface area contributed by atoms with Gasteiger partial charge in [0.2, 0.25) is 5.91 Å². The number of hydrogen-bond acceptors (Lipinski definition) is 4. The Hall–Kier alpha value is -3.36. The highest BCUT2D eigenvalue weighted by molar-refractivity contribution is 7.92. The number of hydrogen-bond donors (Lipinski definition) is 3. The first-order valence-corrected chi connectivity index (χ1v) is 11.7. The Kier molecular flexibility index (Phi) is 7.86. The molecule has 0 atom stereocenters. The zero-order valence-corrected chi connectivity index (χ0v) is 18.6. The topological polar surface area (TPSA) is 104 Å². The number of halogens is 1. The standard InChI is InChI=1S/C23H22ClN3O4S/c24-18-11-13-19(14-12-18)26-22(28)10-5-15-25-23(29)17-6-4-7-20(16-17)27-32(30,31)21-8-2-1-3-9-21/h1-4,6-9,11-14,16,27H,5,10,15H2,(H,25,29)(H,26,28). The molecule has 0 saturated heterocycles. The van der Waals surface area contributed by atoms with Gasteiger partial charge in [0.1, 0.15) is 0 Å². The summed E-state index contributed by atoms with van der Waals surface area (Å²) >= 11 is 5.81. The Balaban J connectivity index is 1.48. The summed E-state index contributed by atoms with van der Waals surface area (Å²) in [6, 6.07) is 21.0. The van der Waals surface area contributed by atoms with Gasteiger partial charge in [0.25, 0.3) is 15.9 Å². The molecule has 32 heavy (non-hydrogen) atoms. The van der Waals surface area contributed by atoms with E-state index in [1.807, 2.05) is 0 Å². The molecule has 0 radical (unpaired) electrons. The SMILES string of the molecule is O=C(CCCNC(=O)c1cccc(NS(=O)(=O)c2ccccc2)c1)Nc1ccc(Cl)cc1. The predicted octanol–water partition coefficient (Wildman–Crippen LogP) is 4.29. The Morgan fingerprint density at radius 2 is 1.56 bits per heavy atom. The molecule has 3 aromatic carbocycles. The van der Waals surface area contributed by atoms with Crippen molar-refractivity contribution >= 4 is 44.8 Å². The van der Waals surface area contributed by atoms with Gasteiger partial charge in [0.05, 0.1) is 4.90 Å². The van der Waals surface area contributed by atoms with Gasteiger partial charge in [-0.05, 0) is 61.0 Å². The second-order valence-corrected chi connectivity index (χ2v) is 9.03. The number of benzene rings is 3. The van der Waals surface area contributed by atoms with Crippen LogP contribution in [0.2, 0.25) is 5.02 Å². The number of sulfonamides is 1. The van der Waals surface area contributed by atoms with E-state index in [0.29, 0.717) is 29.2 Å². The van der Waals surface area contributed by atoms with E-state index in [4.69, 9.17) is 11.6 Å². The predicted molar refractivity (Wildman–Crippen MR) is 125 cm³/mol. The first kappa shape index (κ1) is 23.3. The highest BCUT2D eigenvalue weighted by Gasteiger charge is 2.14. The molecule has 3 rings (SSSR count). The van der Waals surface area contributed by atoms with E-state index in [2.05, 4.69) is 15.4 Å². The molecule has 2 amide bonds. The minimum Gasteiger partial charge on any atom is -0.352 e. The molecule has 0 saturated carbocycles. The van der Waals surface area contributed by atoms with Crippen LogP contribution in [0, 0.1) is 0 Å². The lowest BCUT2D eigenvalue weighted by atomic mass is 10.2. The highest BCUT2D eigenvalue weighted by Crippen LogP contribution is 2.17. The van der Waals surface area contributed by atoms with E-state index in [0.717, 1.165) is 0 Å². The van der Waals surface area contributed by atoms with Gasteiger partial charge >= 0.3 is 0 Å². The number of carbonyl (C=O) groups excluding carboxylic acids is 2. The summed E-state index contributed by atoms with van der Waals surface area (Å²) in [4.78, 5) is 24.5. The third-order valence-electron chi connectivity index (χ3n) is 4.42. The summed E-state index contributed by atoms with van der Waals surface area (Å²) in [5.74, 6) is -0.525. The average Bonchev–Trinajstić information content (AvgIpc) is 2.78. The van der Waals surface area contributed by atoms with Crippen LogP contribution >= 0.6 is 11.6 Å². The molecule has 0 bridgehead atoms. The lowest BCUT2D eigenvalue weighted by molar-refractivity contribution is -0.116. The average molecular weight is 472 g/mol. The van der Waals surface area contributed by atoms with Gasteiger partial charge in [-0.25, -0.2) is 8.42 Å². The minimum absolute atomic E-state index is 0.131. The zero-order chi connectivity index (χ0) is 23.0. The molecule has 0 unspecified atom stereocenters. The fourth-order valence-electron chi connectivity index (χ4n) is 2.85. The van der Waals surface area contributed by atoms with Crippen LogP contribution in [0.1, 0.15) is 23.2 Å². The second kappa shape index (κ2) is 10.8. The molecule has 3 aromatic rings. The number of amides is 2. The summed E-state index contributed by atoms with van der Waals surface area (Å²) in [6.07, 6.45) is 0.686. The van der Waals surface area contributed by atoms with Crippen molar-refractivity contribution in [3.8, 4) is 0 Å². The first-order valence-electron chi connectivity index (χ1n) is 9.85. The molecule has 9 heteroatoms. The van der Waals surface area contributed by atoms with Crippen LogP contribution in [0.4, 0.5) is 11.4 Å². The van der Waals surface area contributed by atoms with Gasteiger partial charge in [0, 0.05) is 34.9 Å². The molecule has 0 aliphatic rings. The van der Waals surface area contributed by atoms with Crippen LogP contribution in [0.5, 0.6) is 0 Å². The van der Waals surface area contributed by atoms with Crippen LogP contribution in [0.3, 0.4) is 0 Å². The molecule has 0 aromatic heterocycles. The zero-order valence-electron chi connectivity index (χ0n) is 17.0. The van der Waals surface area contributed by atoms with Crippen molar-refractivity contribution in [1.29, 1.82) is 0 Å². The molecular weight excluding hydrogens is 450 g/mol. The van der Waals surface area contributed by atoms with E-state index in [1.165, 1.54) is 18.2 Å². The summed E-state index contributed by atoms with van der Waals surface area (Å²) < 4.78 is 27.4. The molecule has 0 fully saturated rings. The Bertz CT molecular complexity index is 1180. The smallest absolute Gasteiger partial charge is 0.261 e.